The Morgan fingerprint density at radius 3 is 2.53 bits per heavy atom. The summed E-state index contributed by atoms with van der Waals surface area (Å²) in [6, 6.07) is 9.24. The first-order chi connectivity index (χ1) is 8.11. The van der Waals surface area contributed by atoms with Gasteiger partial charge in [-0.25, -0.2) is 0 Å². The lowest BCUT2D eigenvalue weighted by molar-refractivity contribution is -0.120. The Morgan fingerprint density at radius 2 is 2.06 bits per heavy atom. The standard InChI is InChI=1S/C12H17N3O2/c1-3-10(11(13)14-17)12(16)15(2)9-7-5-4-6-8-9/h4-8,10,17H,3H2,1-2H3,(H2,13,14). The lowest BCUT2D eigenvalue weighted by atomic mass is 10.0. The molecule has 0 bridgehead atoms. The van der Waals surface area contributed by atoms with E-state index in [1.165, 1.54) is 4.90 Å². The van der Waals surface area contributed by atoms with Gasteiger partial charge >= 0.3 is 0 Å². The van der Waals surface area contributed by atoms with Gasteiger partial charge in [0.05, 0.1) is 5.92 Å². The van der Waals surface area contributed by atoms with Crippen molar-refractivity contribution in [2.24, 2.45) is 16.8 Å². The minimum atomic E-state index is -0.592. The fraction of sp³-hybridized carbons (Fsp3) is 0.333. The number of carbonyl (C=O) groups excluding carboxylic acids is 1. The number of nitrogens with zero attached hydrogens (tertiary/aromatic N) is 2. The van der Waals surface area contributed by atoms with Crippen LogP contribution in [0.25, 0.3) is 0 Å². The molecule has 5 nitrogen and oxygen atoms in total. The number of amidine groups is 1. The van der Waals surface area contributed by atoms with Gasteiger partial charge in [0, 0.05) is 12.7 Å². The molecule has 1 aromatic carbocycles. The van der Waals surface area contributed by atoms with Gasteiger partial charge in [0.2, 0.25) is 5.91 Å². The van der Waals surface area contributed by atoms with E-state index in [1.807, 2.05) is 37.3 Å². The third-order valence-electron chi connectivity index (χ3n) is 2.65. The topological polar surface area (TPSA) is 78.9 Å². The van der Waals surface area contributed by atoms with Crippen LogP contribution in [0.15, 0.2) is 35.5 Å². The second-order valence-corrected chi connectivity index (χ2v) is 3.72. The summed E-state index contributed by atoms with van der Waals surface area (Å²) < 4.78 is 0. The molecule has 0 radical (unpaired) electrons. The molecule has 1 aromatic rings. The van der Waals surface area contributed by atoms with Gasteiger partial charge < -0.3 is 15.8 Å². The zero-order valence-electron chi connectivity index (χ0n) is 10.00. The van der Waals surface area contributed by atoms with Crippen LogP contribution >= 0.6 is 0 Å². The first-order valence-corrected chi connectivity index (χ1v) is 5.41. The lowest BCUT2D eigenvalue weighted by Gasteiger charge is -2.22. The van der Waals surface area contributed by atoms with E-state index >= 15 is 0 Å². The molecule has 5 heteroatoms. The molecular weight excluding hydrogens is 218 g/mol. The van der Waals surface area contributed by atoms with Crippen LogP contribution in [0.5, 0.6) is 0 Å². The molecule has 0 heterocycles. The van der Waals surface area contributed by atoms with E-state index < -0.39 is 5.92 Å². The highest BCUT2D eigenvalue weighted by molar-refractivity contribution is 6.08. The van der Waals surface area contributed by atoms with Crippen molar-refractivity contribution in [1.29, 1.82) is 0 Å². The summed E-state index contributed by atoms with van der Waals surface area (Å²) in [5.41, 5.74) is 6.28. The van der Waals surface area contributed by atoms with Crippen LogP contribution in [-0.4, -0.2) is 24.0 Å². The van der Waals surface area contributed by atoms with E-state index in [9.17, 15) is 4.79 Å². The molecule has 0 fully saturated rings. The quantitative estimate of drug-likeness (QED) is 0.358. The second-order valence-electron chi connectivity index (χ2n) is 3.72. The van der Waals surface area contributed by atoms with Crippen molar-refractivity contribution in [3.63, 3.8) is 0 Å². The Morgan fingerprint density at radius 1 is 1.47 bits per heavy atom. The third kappa shape index (κ3) is 2.96. The fourth-order valence-corrected chi connectivity index (χ4v) is 1.59. The molecule has 0 spiro atoms. The first kappa shape index (κ1) is 13.0. The summed E-state index contributed by atoms with van der Waals surface area (Å²) in [6.45, 7) is 1.82. The van der Waals surface area contributed by atoms with Crippen molar-refractivity contribution >= 4 is 17.4 Å². The molecule has 1 amide bonds. The van der Waals surface area contributed by atoms with E-state index in [0.717, 1.165) is 5.69 Å². The maximum atomic E-state index is 12.1. The smallest absolute Gasteiger partial charge is 0.237 e. The summed E-state index contributed by atoms with van der Waals surface area (Å²) in [7, 11) is 1.67. The number of benzene rings is 1. The van der Waals surface area contributed by atoms with Gasteiger partial charge in [-0.2, -0.15) is 0 Å². The third-order valence-corrected chi connectivity index (χ3v) is 2.65. The van der Waals surface area contributed by atoms with Crippen molar-refractivity contribution < 1.29 is 10.0 Å². The van der Waals surface area contributed by atoms with Crippen molar-refractivity contribution in [3.05, 3.63) is 30.3 Å². The van der Waals surface area contributed by atoms with Crippen LogP contribution in [0.2, 0.25) is 0 Å². The van der Waals surface area contributed by atoms with Gasteiger partial charge in [-0.1, -0.05) is 30.3 Å². The van der Waals surface area contributed by atoms with E-state index in [0.29, 0.717) is 6.42 Å². The van der Waals surface area contributed by atoms with Crippen LogP contribution in [0, 0.1) is 5.92 Å². The van der Waals surface area contributed by atoms with Gasteiger partial charge in [0.25, 0.3) is 0 Å². The number of hydrogen-bond donors (Lipinski definition) is 2. The Bertz CT molecular complexity index is 403. The van der Waals surface area contributed by atoms with Crippen LogP contribution in [0.4, 0.5) is 5.69 Å². The average molecular weight is 235 g/mol. The number of amides is 1. The largest absolute Gasteiger partial charge is 0.409 e. The van der Waals surface area contributed by atoms with Crippen molar-refractivity contribution in [3.8, 4) is 0 Å². The zero-order chi connectivity index (χ0) is 12.8. The average Bonchev–Trinajstić information content (AvgIpc) is 2.39. The monoisotopic (exact) mass is 235 g/mol. The Hall–Kier alpha value is -2.04. The summed E-state index contributed by atoms with van der Waals surface area (Å²) in [4.78, 5) is 13.6. The zero-order valence-corrected chi connectivity index (χ0v) is 10.00. The Balaban J connectivity index is 2.89. The number of oxime groups is 1. The minimum Gasteiger partial charge on any atom is -0.409 e. The molecule has 0 aliphatic rings. The molecule has 17 heavy (non-hydrogen) atoms. The highest BCUT2D eigenvalue weighted by Gasteiger charge is 2.25. The second kappa shape index (κ2) is 5.89. The number of hydrogen-bond acceptors (Lipinski definition) is 3. The predicted molar refractivity (Wildman–Crippen MR) is 67.0 cm³/mol. The summed E-state index contributed by atoms with van der Waals surface area (Å²) >= 11 is 0. The SMILES string of the molecule is CCC(C(=O)N(C)c1ccccc1)C(N)=NO. The van der Waals surface area contributed by atoms with Gasteiger partial charge in [-0.15, -0.1) is 0 Å². The molecule has 1 atom stereocenters. The Labute approximate surface area is 101 Å². The van der Waals surface area contributed by atoms with Crippen LogP contribution < -0.4 is 10.6 Å². The highest BCUT2D eigenvalue weighted by Crippen LogP contribution is 2.16. The van der Waals surface area contributed by atoms with Crippen molar-refractivity contribution in [2.45, 2.75) is 13.3 Å². The maximum absolute atomic E-state index is 12.1. The number of nitrogens with two attached hydrogens (primary N) is 1. The maximum Gasteiger partial charge on any atom is 0.237 e. The van der Waals surface area contributed by atoms with Gasteiger partial charge in [-0.05, 0) is 18.6 Å². The van der Waals surface area contributed by atoms with E-state index in [1.54, 1.807) is 7.05 Å². The summed E-state index contributed by atoms with van der Waals surface area (Å²) in [5.74, 6) is -0.834. The fourth-order valence-electron chi connectivity index (χ4n) is 1.59. The summed E-state index contributed by atoms with van der Waals surface area (Å²) in [6.07, 6.45) is 0.492. The van der Waals surface area contributed by atoms with Gasteiger partial charge in [0.15, 0.2) is 5.84 Å². The lowest BCUT2D eigenvalue weighted by Crippen LogP contribution is -2.39. The molecule has 0 saturated carbocycles. The van der Waals surface area contributed by atoms with Crippen LogP contribution in [0.1, 0.15) is 13.3 Å². The van der Waals surface area contributed by atoms with Gasteiger partial charge in [0.1, 0.15) is 0 Å². The molecule has 0 aliphatic heterocycles. The molecule has 0 aromatic heterocycles. The van der Waals surface area contributed by atoms with Crippen molar-refractivity contribution in [2.75, 3.05) is 11.9 Å². The normalized spacial score (nSPS) is 13.2. The van der Waals surface area contributed by atoms with E-state index in [4.69, 9.17) is 10.9 Å². The molecule has 92 valence electrons. The predicted octanol–water partition coefficient (Wildman–Crippen LogP) is 1.42. The molecular formula is C12H17N3O2. The molecule has 0 aliphatic carbocycles. The first-order valence-electron chi connectivity index (χ1n) is 5.41. The number of anilines is 1. The summed E-state index contributed by atoms with van der Waals surface area (Å²) in [5, 5.41) is 11.5. The number of para-hydroxylation sites is 1. The molecule has 1 unspecified atom stereocenters. The van der Waals surface area contributed by atoms with E-state index in [-0.39, 0.29) is 11.7 Å². The van der Waals surface area contributed by atoms with E-state index in [2.05, 4.69) is 5.16 Å². The molecule has 1 rings (SSSR count). The van der Waals surface area contributed by atoms with Crippen LogP contribution in [0.3, 0.4) is 0 Å². The highest BCUT2D eigenvalue weighted by atomic mass is 16.4. The number of rotatable bonds is 4. The van der Waals surface area contributed by atoms with Crippen molar-refractivity contribution in [1.82, 2.24) is 0 Å². The Kier molecular flexibility index (Phi) is 4.51. The molecule has 0 saturated heterocycles. The number of carbonyl (C=O) groups is 1. The van der Waals surface area contributed by atoms with Gasteiger partial charge in [-0.3, -0.25) is 4.79 Å². The minimum absolute atomic E-state index is 0.0553. The van der Waals surface area contributed by atoms with Crippen LogP contribution in [-0.2, 0) is 4.79 Å². The molecule has 3 N–H and O–H groups in total.